The number of hydrogen-bond acceptors (Lipinski definition) is 3. The first kappa shape index (κ1) is 36.3. The van der Waals surface area contributed by atoms with E-state index in [2.05, 4.69) is 107 Å². The molecule has 0 fully saturated rings. The minimum atomic E-state index is -2.73. The predicted octanol–water partition coefficient (Wildman–Crippen LogP) is -3.95. The number of benzene rings is 3. The van der Waals surface area contributed by atoms with E-state index < -0.39 is 8.07 Å². The van der Waals surface area contributed by atoms with Crippen molar-refractivity contribution in [3.05, 3.63) is 95.6 Å². The van der Waals surface area contributed by atoms with Gasteiger partial charge in [-0.3, -0.25) is 6.08 Å². The summed E-state index contributed by atoms with van der Waals surface area (Å²) < 4.78 is 16.5. The van der Waals surface area contributed by atoms with Gasteiger partial charge in [0.15, 0.2) is 0 Å². The summed E-state index contributed by atoms with van der Waals surface area (Å²) in [6.45, 7) is 9.04. The van der Waals surface area contributed by atoms with Crippen molar-refractivity contribution in [2.45, 2.75) is 32.7 Å². The van der Waals surface area contributed by atoms with E-state index in [9.17, 15) is 0 Å². The minimum Gasteiger partial charge on any atom is -1.00 e. The van der Waals surface area contributed by atoms with Gasteiger partial charge >= 0.3 is 21.7 Å². The molecule has 4 rings (SSSR count). The molecule has 0 aliphatic heterocycles. The van der Waals surface area contributed by atoms with Crippen LogP contribution in [0.5, 0.6) is 17.2 Å². The van der Waals surface area contributed by atoms with Gasteiger partial charge < -0.3 is 51.4 Å². The van der Waals surface area contributed by atoms with E-state index in [0.29, 0.717) is 0 Å². The molecule has 3 nitrogen and oxygen atoms in total. The fourth-order valence-electron chi connectivity index (χ4n) is 5.48. The monoisotopic (exact) mass is 622 g/mol. The number of methoxy groups -OCH3 is 3. The van der Waals surface area contributed by atoms with Crippen molar-refractivity contribution in [1.82, 2.24) is 0 Å². The maximum absolute atomic E-state index is 5.51. The van der Waals surface area contributed by atoms with E-state index in [1.807, 2.05) is 0 Å². The van der Waals surface area contributed by atoms with Gasteiger partial charge in [0.1, 0.15) is 25.3 Å². The summed E-state index contributed by atoms with van der Waals surface area (Å²) in [4.78, 5) is 0. The van der Waals surface area contributed by atoms with Crippen LogP contribution in [0.25, 0.3) is 0 Å². The molecule has 0 spiro atoms. The van der Waals surface area contributed by atoms with Crippen LogP contribution in [0.4, 0.5) is 0 Å². The fraction of sp³-hybridized carbons (Fsp3) is 0.267. The predicted molar refractivity (Wildman–Crippen MR) is 143 cm³/mol. The second-order valence-electron chi connectivity index (χ2n) is 9.06. The van der Waals surface area contributed by atoms with Gasteiger partial charge in [-0.2, -0.15) is 11.1 Å². The molecular formula is C30H33Cl3O3SiTi. The van der Waals surface area contributed by atoms with Crippen LogP contribution in [0, 0.1) is 6.08 Å². The molecule has 38 heavy (non-hydrogen) atoms. The van der Waals surface area contributed by atoms with Gasteiger partial charge in [-0.15, -0.1) is 6.92 Å². The standard InChI is InChI=1S/C30H33O3Si.3ClH.Ti/c1-21-20-30(4,23(3)22(21)2)34(27-14-8-24(31-5)9-15-27,28-16-10-25(32-6)11-17-28)29-18-12-26(33-7)13-19-29;;;;/h8-19H,1-7H3;3*1H;/q-1;;;;+4/p-3. The number of allylic oxidation sites excluding steroid dienone is 4. The van der Waals surface area contributed by atoms with Gasteiger partial charge in [-0.1, -0.05) is 62.2 Å². The summed E-state index contributed by atoms with van der Waals surface area (Å²) in [5.74, 6) is 2.56. The topological polar surface area (TPSA) is 27.7 Å². The van der Waals surface area contributed by atoms with Crippen LogP contribution >= 0.6 is 0 Å². The van der Waals surface area contributed by atoms with Crippen molar-refractivity contribution < 1.29 is 73.1 Å². The van der Waals surface area contributed by atoms with Crippen LogP contribution < -0.4 is 67.0 Å². The normalized spacial score (nSPS) is 16.1. The molecule has 3 aromatic carbocycles. The number of rotatable bonds is 7. The Morgan fingerprint density at radius 1 is 0.579 bits per heavy atom. The van der Waals surface area contributed by atoms with Crippen molar-refractivity contribution >= 4 is 23.6 Å². The Labute approximate surface area is 262 Å². The van der Waals surface area contributed by atoms with Crippen LogP contribution in [0.15, 0.2) is 89.5 Å². The third-order valence-electron chi connectivity index (χ3n) is 7.63. The molecule has 8 heteroatoms. The van der Waals surface area contributed by atoms with Gasteiger partial charge in [0, 0.05) is 0 Å². The Bertz CT molecular complexity index is 1130. The third kappa shape index (κ3) is 5.91. The van der Waals surface area contributed by atoms with Crippen LogP contribution in [-0.4, -0.2) is 29.4 Å². The van der Waals surface area contributed by atoms with E-state index in [1.165, 1.54) is 32.3 Å². The van der Waals surface area contributed by atoms with Gasteiger partial charge in [-0.05, 0) is 52.0 Å². The summed E-state index contributed by atoms with van der Waals surface area (Å²) >= 11 is 0. The molecule has 0 amide bonds. The molecule has 0 radical (unpaired) electrons. The first-order chi connectivity index (χ1) is 16.3. The second-order valence-corrected chi connectivity index (χ2v) is 13.3. The van der Waals surface area contributed by atoms with E-state index in [-0.39, 0.29) is 64.0 Å². The van der Waals surface area contributed by atoms with Gasteiger partial charge in [0.05, 0.1) is 21.3 Å². The van der Waals surface area contributed by atoms with Crippen molar-refractivity contribution in [2.24, 2.45) is 0 Å². The molecule has 0 heterocycles. The molecule has 1 unspecified atom stereocenters. The maximum Gasteiger partial charge on any atom is 4.00 e. The van der Waals surface area contributed by atoms with Crippen LogP contribution in [-0.2, 0) is 21.7 Å². The Morgan fingerprint density at radius 2 is 0.868 bits per heavy atom. The summed E-state index contributed by atoms with van der Waals surface area (Å²) in [6, 6.07) is 25.9. The van der Waals surface area contributed by atoms with E-state index in [4.69, 9.17) is 14.2 Å². The van der Waals surface area contributed by atoms with E-state index in [0.717, 1.165) is 17.2 Å². The molecule has 0 bridgehead atoms. The first-order valence-corrected chi connectivity index (χ1v) is 13.6. The Morgan fingerprint density at radius 3 is 1.08 bits per heavy atom. The van der Waals surface area contributed by atoms with Gasteiger partial charge in [0.2, 0.25) is 0 Å². The van der Waals surface area contributed by atoms with Gasteiger partial charge in [-0.25, -0.2) is 5.57 Å². The largest absolute Gasteiger partial charge is 4.00 e. The molecule has 0 N–H and O–H groups in total. The van der Waals surface area contributed by atoms with Gasteiger partial charge in [0.25, 0.3) is 0 Å². The van der Waals surface area contributed by atoms with Crippen molar-refractivity contribution in [1.29, 1.82) is 0 Å². The summed E-state index contributed by atoms with van der Waals surface area (Å²) in [7, 11) is 2.40. The number of hydrogen-bond donors (Lipinski definition) is 0. The van der Waals surface area contributed by atoms with Crippen LogP contribution in [0.2, 0.25) is 5.04 Å². The Balaban J connectivity index is 0.00000342. The van der Waals surface area contributed by atoms with Crippen LogP contribution in [0.1, 0.15) is 27.7 Å². The molecule has 0 saturated heterocycles. The van der Waals surface area contributed by atoms with E-state index in [1.54, 1.807) is 21.3 Å². The SMILES string of the molecule is COc1ccc([Si](c2ccc(OC)cc2)(c2ccc(OC)cc2)C2(C)[C-]=C(C)C(C)=C2C)cc1.[Cl-].[Cl-].[Cl-].[Ti+4]. The molecule has 1 aliphatic rings. The Hall–Kier alpha value is -1.66. The van der Waals surface area contributed by atoms with Crippen LogP contribution in [0.3, 0.4) is 0 Å². The number of ether oxygens (including phenoxy) is 3. The van der Waals surface area contributed by atoms with Crippen molar-refractivity contribution in [2.75, 3.05) is 21.3 Å². The molecule has 1 aliphatic carbocycles. The average molecular weight is 624 g/mol. The molecule has 0 saturated carbocycles. The zero-order chi connectivity index (χ0) is 24.5. The molecule has 1 atom stereocenters. The van der Waals surface area contributed by atoms with Crippen molar-refractivity contribution in [3.8, 4) is 17.2 Å². The molecule has 3 aromatic rings. The maximum atomic E-state index is 5.51. The fourth-order valence-corrected chi connectivity index (χ4v) is 11.3. The van der Waals surface area contributed by atoms with E-state index >= 15 is 0 Å². The average Bonchev–Trinajstić information content (AvgIpc) is 3.08. The van der Waals surface area contributed by atoms with Crippen molar-refractivity contribution in [3.63, 3.8) is 0 Å². The summed E-state index contributed by atoms with van der Waals surface area (Å²) in [6.07, 6.45) is 3.96. The minimum absolute atomic E-state index is 0. The quantitative estimate of drug-likeness (QED) is 0.153. The molecule has 0 aromatic heterocycles. The first-order valence-electron chi connectivity index (χ1n) is 11.6. The number of halogens is 3. The summed E-state index contributed by atoms with van der Waals surface area (Å²) in [5.41, 5.74) is 3.93. The third-order valence-corrected chi connectivity index (χ3v) is 13.2. The molecular weight excluding hydrogens is 591 g/mol. The smallest absolute Gasteiger partial charge is 1.00 e. The summed E-state index contributed by atoms with van der Waals surface area (Å²) in [5, 5.41) is 3.63. The zero-order valence-electron chi connectivity index (χ0n) is 22.8. The zero-order valence-corrected chi connectivity index (χ0v) is 27.6. The Kier molecular flexibility index (Phi) is 14.0. The second kappa shape index (κ2) is 14.6. The molecule has 200 valence electrons.